The first-order valence-electron chi connectivity index (χ1n) is 16.8. The van der Waals surface area contributed by atoms with Crippen LogP contribution in [-0.2, 0) is 10.1 Å². The Bertz CT molecular complexity index is 2590. The summed E-state index contributed by atoms with van der Waals surface area (Å²) in [7, 11) is -3.67. The Hall–Kier alpha value is -6.28. The fourth-order valence-electron chi connectivity index (χ4n) is 6.89. The quantitative estimate of drug-likeness (QED) is 0.0432. The van der Waals surface area contributed by atoms with E-state index in [0.717, 1.165) is 9.80 Å². The van der Waals surface area contributed by atoms with Gasteiger partial charge in [-0.3, -0.25) is 58.7 Å². The van der Waals surface area contributed by atoms with Gasteiger partial charge in [0.2, 0.25) is 0 Å². The van der Waals surface area contributed by atoms with Crippen LogP contribution in [0.2, 0.25) is 0 Å². The van der Waals surface area contributed by atoms with Crippen LogP contribution in [0.4, 0.5) is 11.4 Å². The maximum absolute atomic E-state index is 13.7. The Labute approximate surface area is 312 Å². The van der Waals surface area contributed by atoms with E-state index in [1.54, 1.807) is 56.4 Å². The van der Waals surface area contributed by atoms with E-state index in [2.05, 4.69) is 15.6 Å². The number of non-ortho nitro benzene ring substituents is 2. The van der Waals surface area contributed by atoms with Gasteiger partial charge < -0.3 is 10.6 Å². The molecule has 4 aromatic carbocycles. The molecule has 3 heterocycles. The summed E-state index contributed by atoms with van der Waals surface area (Å²) in [5.74, 6) is -2.23. The van der Waals surface area contributed by atoms with Crippen LogP contribution >= 0.6 is 0 Å². The van der Waals surface area contributed by atoms with E-state index in [-0.39, 0.29) is 41.2 Å². The first kappa shape index (κ1) is 38.4. The van der Waals surface area contributed by atoms with Gasteiger partial charge in [-0.15, -0.1) is 0 Å². The standard InChI is InChI=1S/C35H29N7O8.CH4O3S/c1-18(39-32(43)24-6-3-5-20-11-21(41(47)48)13-26(30(20)24)33(39)44)16-36-9-10-37-17-19(2)40-34(45)27-14-22(42(49)50)12-25-23-7-4-8-38-29(23)15-28(31(25)27)35(40)46;1-5(2,3)4/h3-8,11-15,18-19,36-37H,9-10,16-17H2,1-2H3;1H3,(H,2,3,4)/t18-,19-;/m1./s1. The molecule has 0 saturated heterocycles. The minimum atomic E-state index is -3.67. The molecular weight excluding hydrogens is 739 g/mol. The summed E-state index contributed by atoms with van der Waals surface area (Å²) in [4.78, 5) is 82.9. The largest absolute Gasteiger partial charge is 0.313 e. The van der Waals surface area contributed by atoms with Gasteiger partial charge >= 0.3 is 0 Å². The zero-order valence-corrected chi connectivity index (χ0v) is 30.3. The molecule has 0 unspecified atom stereocenters. The molecule has 18 nitrogen and oxygen atoms in total. The topological polar surface area (TPSA) is 252 Å². The number of hydrogen-bond acceptors (Lipinski definition) is 13. The van der Waals surface area contributed by atoms with Crippen LogP contribution in [-0.4, -0.2) is 106 Å². The van der Waals surface area contributed by atoms with Gasteiger partial charge in [0.15, 0.2) is 0 Å². The average Bonchev–Trinajstić information content (AvgIpc) is 3.12. The summed E-state index contributed by atoms with van der Waals surface area (Å²) in [6.07, 6.45) is 2.28. The Morgan fingerprint density at radius 2 is 1.20 bits per heavy atom. The van der Waals surface area contributed by atoms with Crippen molar-refractivity contribution in [2.24, 2.45) is 0 Å². The van der Waals surface area contributed by atoms with E-state index in [0.29, 0.717) is 57.4 Å². The van der Waals surface area contributed by atoms with E-state index in [1.165, 1.54) is 24.3 Å². The van der Waals surface area contributed by atoms with Gasteiger partial charge in [-0.2, -0.15) is 8.42 Å². The number of rotatable bonds is 11. The molecule has 1 aromatic heterocycles. The number of carbonyl (C=O) groups is 4. The van der Waals surface area contributed by atoms with Crippen molar-refractivity contribution in [2.75, 3.05) is 32.4 Å². The number of nitrogens with zero attached hydrogens (tertiary/aromatic N) is 5. The SMILES string of the molecule is CS(=O)(=O)O.C[C@H](CNCCNC[C@@H](C)N1C(=O)c2cc([N+](=O)[O-])cc3c2c(cc2ncccc23)C1=O)N1C(=O)c2cccc3cc([N+](=O)[O-])cc(c23)C1=O. The maximum atomic E-state index is 13.7. The van der Waals surface area contributed by atoms with Gasteiger partial charge in [0.05, 0.1) is 38.3 Å². The number of aromatic nitrogens is 1. The van der Waals surface area contributed by atoms with E-state index >= 15 is 0 Å². The van der Waals surface area contributed by atoms with Crippen LogP contribution in [0, 0.1) is 20.2 Å². The van der Waals surface area contributed by atoms with Crippen molar-refractivity contribution in [1.29, 1.82) is 0 Å². The first-order chi connectivity index (χ1) is 26.0. The Morgan fingerprint density at radius 3 is 1.75 bits per heavy atom. The zero-order valence-electron chi connectivity index (χ0n) is 29.5. The number of nitro benzene ring substituents is 2. The van der Waals surface area contributed by atoms with Gasteiger partial charge in [0, 0.05) is 90.4 Å². The lowest BCUT2D eigenvalue weighted by Crippen LogP contribution is -2.51. The molecular formula is C36H33N7O11S. The molecule has 0 bridgehead atoms. The lowest BCUT2D eigenvalue weighted by atomic mass is 9.90. The highest BCUT2D eigenvalue weighted by atomic mass is 32.2. The number of hydrogen-bond donors (Lipinski definition) is 3. The van der Waals surface area contributed by atoms with Crippen LogP contribution in [0.15, 0.2) is 66.9 Å². The second-order valence-corrected chi connectivity index (χ2v) is 14.6. The predicted octanol–water partition coefficient (Wildman–Crippen LogP) is 3.71. The second-order valence-electron chi connectivity index (χ2n) is 13.1. The van der Waals surface area contributed by atoms with Crippen molar-refractivity contribution in [2.45, 2.75) is 25.9 Å². The van der Waals surface area contributed by atoms with Crippen molar-refractivity contribution in [3.8, 4) is 0 Å². The van der Waals surface area contributed by atoms with Crippen molar-refractivity contribution in [3.05, 3.63) is 109 Å². The van der Waals surface area contributed by atoms with Gasteiger partial charge in [-0.25, -0.2) is 0 Å². The van der Waals surface area contributed by atoms with Gasteiger partial charge in [-0.05, 0) is 42.8 Å². The molecule has 0 spiro atoms. The summed E-state index contributed by atoms with van der Waals surface area (Å²) < 4.78 is 25.9. The van der Waals surface area contributed by atoms with E-state index < -0.39 is 55.7 Å². The highest BCUT2D eigenvalue weighted by Crippen LogP contribution is 2.38. The predicted molar refractivity (Wildman–Crippen MR) is 200 cm³/mol. The lowest BCUT2D eigenvalue weighted by Gasteiger charge is -2.32. The minimum Gasteiger partial charge on any atom is -0.313 e. The number of fused-ring (bicyclic) bond motifs is 2. The number of benzene rings is 4. The third-order valence-electron chi connectivity index (χ3n) is 9.22. The normalized spacial score (nSPS) is 15.0. The zero-order chi connectivity index (χ0) is 39.9. The van der Waals surface area contributed by atoms with Crippen molar-refractivity contribution >= 4 is 77.6 Å². The molecule has 0 radical (unpaired) electrons. The minimum absolute atomic E-state index is 0.0762. The number of carbonyl (C=O) groups excluding carboxylic acids is 4. The lowest BCUT2D eigenvalue weighted by molar-refractivity contribution is -0.384. The first-order valence-corrected chi connectivity index (χ1v) is 18.6. The molecule has 0 saturated carbocycles. The monoisotopic (exact) mass is 771 g/mol. The third-order valence-corrected chi connectivity index (χ3v) is 9.22. The van der Waals surface area contributed by atoms with E-state index in [9.17, 15) is 47.8 Å². The maximum Gasteiger partial charge on any atom is 0.270 e. The molecule has 7 rings (SSSR count). The Kier molecular flexibility index (Phi) is 10.4. The molecule has 284 valence electrons. The van der Waals surface area contributed by atoms with Crippen LogP contribution in [0.1, 0.15) is 55.3 Å². The molecule has 0 aliphatic carbocycles. The molecule has 19 heteroatoms. The van der Waals surface area contributed by atoms with Crippen LogP contribution in [0.5, 0.6) is 0 Å². The molecule has 0 fully saturated rings. The molecule has 3 N–H and O–H groups in total. The Morgan fingerprint density at radius 1 is 0.709 bits per heavy atom. The van der Waals surface area contributed by atoms with Gasteiger partial charge in [-0.1, -0.05) is 18.2 Å². The van der Waals surface area contributed by atoms with Crippen LogP contribution in [0.25, 0.3) is 32.4 Å². The number of pyridine rings is 1. The second kappa shape index (κ2) is 14.9. The molecule has 2 aliphatic rings. The number of nitrogens with one attached hydrogen (secondary N) is 2. The van der Waals surface area contributed by atoms with Gasteiger partial charge in [0.25, 0.3) is 45.1 Å². The molecule has 5 aromatic rings. The van der Waals surface area contributed by atoms with Crippen molar-refractivity contribution in [3.63, 3.8) is 0 Å². The van der Waals surface area contributed by atoms with E-state index in [1.807, 2.05) is 0 Å². The highest BCUT2D eigenvalue weighted by Gasteiger charge is 2.39. The van der Waals surface area contributed by atoms with E-state index in [4.69, 9.17) is 4.55 Å². The molecule has 2 atom stereocenters. The number of imide groups is 2. The van der Waals surface area contributed by atoms with Crippen LogP contribution < -0.4 is 10.6 Å². The third kappa shape index (κ3) is 7.45. The number of amides is 4. The summed E-state index contributed by atoms with van der Waals surface area (Å²) in [6.45, 7) is 4.66. The summed E-state index contributed by atoms with van der Waals surface area (Å²) in [6, 6.07) is 13.8. The smallest absolute Gasteiger partial charge is 0.270 e. The average molecular weight is 772 g/mol. The fourth-order valence-corrected chi connectivity index (χ4v) is 6.89. The van der Waals surface area contributed by atoms with Crippen molar-refractivity contribution in [1.82, 2.24) is 25.4 Å². The fraction of sp³-hybridized carbons (Fsp3) is 0.250. The Balaban J connectivity index is 0.000000967. The highest BCUT2D eigenvalue weighted by molar-refractivity contribution is 7.85. The van der Waals surface area contributed by atoms with Gasteiger partial charge in [0.1, 0.15) is 0 Å². The summed E-state index contributed by atoms with van der Waals surface area (Å²) in [5, 5.41) is 31.9. The molecule has 2 aliphatic heterocycles. The number of nitro groups is 2. The molecule has 55 heavy (non-hydrogen) atoms. The molecule has 4 amide bonds. The summed E-state index contributed by atoms with van der Waals surface area (Å²) >= 11 is 0. The van der Waals surface area contributed by atoms with Crippen LogP contribution in [0.3, 0.4) is 0 Å². The summed E-state index contributed by atoms with van der Waals surface area (Å²) in [5.41, 5.74) is 0.700. The van der Waals surface area contributed by atoms with Crippen molar-refractivity contribution < 1.29 is 42.0 Å².